The van der Waals surface area contributed by atoms with Crippen LogP contribution < -0.4 is 25.3 Å². The summed E-state index contributed by atoms with van der Waals surface area (Å²) < 4.78 is 13.7. The molecule has 0 saturated heterocycles. The van der Waals surface area contributed by atoms with Crippen LogP contribution in [-0.2, 0) is 4.74 Å². The first kappa shape index (κ1) is 26.5. The third kappa shape index (κ3) is 5.25. The Morgan fingerprint density at radius 1 is 1.11 bits per heavy atom. The van der Waals surface area contributed by atoms with E-state index in [0.29, 0.717) is 30.0 Å². The van der Waals surface area contributed by atoms with Crippen molar-refractivity contribution in [3.63, 3.8) is 0 Å². The number of aromatic carboxylic acids is 1. The number of alkyl carbamates (subject to hydrolysis) is 1. The van der Waals surface area contributed by atoms with Crippen molar-refractivity contribution in [3.05, 3.63) is 84.4 Å². The highest BCUT2D eigenvalue weighted by molar-refractivity contribution is 6.07. The summed E-state index contributed by atoms with van der Waals surface area (Å²) in [5.41, 5.74) is 3.72. The molecule has 0 fully saturated rings. The number of hydrogen-bond donors (Lipinski definition) is 1. The van der Waals surface area contributed by atoms with Gasteiger partial charge in [0.25, 0.3) is 0 Å². The van der Waals surface area contributed by atoms with E-state index in [2.05, 4.69) is 16.5 Å². The maximum absolute atomic E-state index is 12.0. The predicted molar refractivity (Wildman–Crippen MR) is 147 cm³/mol. The summed E-state index contributed by atoms with van der Waals surface area (Å²) in [6, 6.07) is 18.5. The second-order valence-corrected chi connectivity index (χ2v) is 8.61. The summed E-state index contributed by atoms with van der Waals surface area (Å²) in [5.74, 6) is -0.643. The topological polar surface area (TPSA) is 97.9 Å². The highest BCUT2D eigenvalue weighted by Gasteiger charge is 2.21. The molecule has 1 aliphatic carbocycles. The lowest BCUT2D eigenvalue weighted by atomic mass is 9.90. The molecule has 2 aromatic rings. The molecule has 1 amide bonds. The smallest absolute Gasteiger partial charge is 0.407 e. The van der Waals surface area contributed by atoms with Gasteiger partial charge in [0, 0.05) is 53.5 Å². The summed E-state index contributed by atoms with van der Waals surface area (Å²) in [5, 5.41) is 16.2. The molecule has 0 aromatic heterocycles. The highest BCUT2D eigenvalue weighted by Crippen LogP contribution is 2.41. The van der Waals surface area contributed by atoms with Crippen LogP contribution in [0, 0.1) is 0 Å². The molecule has 38 heavy (non-hydrogen) atoms. The van der Waals surface area contributed by atoms with Crippen LogP contribution >= 0.6 is 0 Å². The quantitative estimate of drug-likeness (QED) is 0.271. The number of ether oxygens (including phenoxy) is 1. The van der Waals surface area contributed by atoms with Crippen LogP contribution in [0.25, 0.3) is 33.4 Å². The number of nitrogens with one attached hydrogen (secondary N) is 1. The van der Waals surface area contributed by atoms with Gasteiger partial charge in [-0.25, -0.2) is 9.37 Å². The van der Waals surface area contributed by atoms with E-state index in [0.717, 1.165) is 34.1 Å². The molecule has 2 aromatic carbocycles. The van der Waals surface area contributed by atoms with Crippen LogP contribution in [0.4, 0.5) is 10.5 Å². The molecule has 0 atom stereocenters. The molecule has 1 aliphatic heterocycles. The lowest BCUT2D eigenvalue weighted by Crippen LogP contribution is -2.34. The molecule has 8 nitrogen and oxygen atoms in total. The minimum atomic E-state index is -1.24. The molecular weight excluding hydrogens is 482 g/mol. The zero-order valence-electron chi connectivity index (χ0n) is 21.8. The SMILES string of the molecule is C=CN(CC)c1ccc2c(-c3ccccc3C(=O)[O-])c3ccc(=[N+](CC)CCOC(=O)NC)cc-3oc2c1. The van der Waals surface area contributed by atoms with E-state index in [9.17, 15) is 14.7 Å². The maximum atomic E-state index is 12.0. The van der Waals surface area contributed by atoms with Crippen molar-refractivity contribution in [2.45, 2.75) is 13.8 Å². The van der Waals surface area contributed by atoms with Gasteiger partial charge < -0.3 is 29.3 Å². The second kappa shape index (κ2) is 11.6. The molecule has 1 heterocycles. The van der Waals surface area contributed by atoms with E-state index in [4.69, 9.17) is 9.15 Å². The number of carboxylic acids is 1. The summed E-state index contributed by atoms with van der Waals surface area (Å²) in [6.45, 7) is 10.1. The number of amides is 1. The van der Waals surface area contributed by atoms with E-state index in [1.165, 1.54) is 7.05 Å². The molecular formula is C30H31N3O5. The van der Waals surface area contributed by atoms with Crippen molar-refractivity contribution in [1.29, 1.82) is 0 Å². The largest absolute Gasteiger partial charge is 0.545 e. The normalized spacial score (nSPS) is 11.8. The number of nitrogens with zero attached hydrogens (tertiary/aromatic N) is 2. The Balaban J connectivity index is 1.99. The van der Waals surface area contributed by atoms with E-state index in [1.54, 1.807) is 24.4 Å². The Morgan fingerprint density at radius 2 is 1.89 bits per heavy atom. The minimum Gasteiger partial charge on any atom is -0.545 e. The third-order valence-corrected chi connectivity index (χ3v) is 6.54. The van der Waals surface area contributed by atoms with Crippen LogP contribution in [0.3, 0.4) is 0 Å². The third-order valence-electron chi connectivity index (χ3n) is 6.54. The average Bonchev–Trinajstić information content (AvgIpc) is 2.94. The van der Waals surface area contributed by atoms with Crippen molar-refractivity contribution in [3.8, 4) is 22.5 Å². The number of carbonyl (C=O) groups is 2. The van der Waals surface area contributed by atoms with Gasteiger partial charge >= 0.3 is 6.09 Å². The fourth-order valence-corrected chi connectivity index (χ4v) is 4.62. The number of fused-ring (bicyclic) bond motifs is 2. The molecule has 0 unspecified atom stereocenters. The van der Waals surface area contributed by atoms with Crippen molar-refractivity contribution in [1.82, 2.24) is 9.89 Å². The van der Waals surface area contributed by atoms with Gasteiger partial charge in [0.1, 0.15) is 17.9 Å². The number of carboxylic acid groups (broad SMARTS) is 1. The van der Waals surface area contributed by atoms with Gasteiger partial charge in [0.05, 0.1) is 12.0 Å². The molecule has 0 radical (unpaired) electrons. The first-order valence-electron chi connectivity index (χ1n) is 12.5. The van der Waals surface area contributed by atoms with E-state index in [-0.39, 0.29) is 12.2 Å². The van der Waals surface area contributed by atoms with Gasteiger partial charge in [-0.15, -0.1) is 0 Å². The number of anilines is 1. The van der Waals surface area contributed by atoms with Crippen LogP contribution in [0.1, 0.15) is 24.2 Å². The summed E-state index contributed by atoms with van der Waals surface area (Å²) >= 11 is 0. The number of benzene rings is 3. The molecule has 0 spiro atoms. The maximum Gasteiger partial charge on any atom is 0.407 e. The Kier molecular flexibility index (Phi) is 8.11. The zero-order chi connectivity index (χ0) is 27.2. The molecule has 0 bridgehead atoms. The molecule has 1 N–H and O–H groups in total. The molecule has 8 heteroatoms. The summed E-state index contributed by atoms with van der Waals surface area (Å²) in [7, 11) is 1.52. The monoisotopic (exact) mass is 513 g/mol. The Bertz CT molecular complexity index is 1540. The lowest BCUT2D eigenvalue weighted by molar-refractivity contribution is -0.254. The highest BCUT2D eigenvalue weighted by atomic mass is 16.5. The van der Waals surface area contributed by atoms with E-state index < -0.39 is 12.1 Å². The van der Waals surface area contributed by atoms with Crippen LogP contribution in [0.15, 0.2) is 77.9 Å². The summed E-state index contributed by atoms with van der Waals surface area (Å²) in [6.07, 6.45) is 1.28. The number of hydrogen-bond acceptors (Lipinski definition) is 6. The number of carbonyl (C=O) groups excluding carboxylic acids is 2. The van der Waals surface area contributed by atoms with Gasteiger partial charge in [-0.2, -0.15) is 0 Å². The van der Waals surface area contributed by atoms with E-state index in [1.807, 2.05) is 61.2 Å². The standard InChI is InChI=1S/C30H31N3O5/c1-5-32(6-2)20-12-14-24-26(18-20)38-27-19-21(33(7-3)16-17-37-30(36)31-4)13-15-25(27)28(24)22-10-8-9-11-23(22)29(34)35/h5,8-15,18-19H,1,6-7,16-17H2,2-4H3,(H-,31,34,35,36). The Hall–Kier alpha value is -4.59. The number of rotatable bonds is 9. The Morgan fingerprint density at radius 3 is 2.58 bits per heavy atom. The molecule has 0 saturated carbocycles. The predicted octanol–water partition coefficient (Wildman–Crippen LogP) is 3.69. The van der Waals surface area contributed by atoms with Crippen molar-refractivity contribution in [2.24, 2.45) is 0 Å². The van der Waals surface area contributed by atoms with Gasteiger partial charge in [-0.05, 0) is 43.8 Å². The first-order valence-corrected chi connectivity index (χ1v) is 12.5. The average molecular weight is 514 g/mol. The minimum absolute atomic E-state index is 0.109. The molecule has 4 rings (SSSR count). The van der Waals surface area contributed by atoms with Crippen LogP contribution in [0.2, 0.25) is 0 Å². The van der Waals surface area contributed by atoms with Crippen molar-refractivity contribution >= 4 is 28.7 Å². The van der Waals surface area contributed by atoms with Gasteiger partial charge in [0.15, 0.2) is 13.2 Å². The van der Waals surface area contributed by atoms with Crippen LogP contribution in [0.5, 0.6) is 0 Å². The fourth-order valence-electron chi connectivity index (χ4n) is 4.62. The first-order chi connectivity index (χ1) is 18.4. The lowest BCUT2D eigenvalue weighted by Gasteiger charge is -2.21. The van der Waals surface area contributed by atoms with Crippen LogP contribution in [-0.4, -0.2) is 45.4 Å². The number of likely N-dealkylation sites (N-methyl/N-ethyl adjacent to an activating group) is 1. The fraction of sp³-hybridized carbons (Fsp3) is 0.233. The van der Waals surface area contributed by atoms with Crippen molar-refractivity contribution in [2.75, 3.05) is 38.2 Å². The Labute approximate surface area is 221 Å². The zero-order valence-corrected chi connectivity index (χ0v) is 21.8. The molecule has 196 valence electrons. The van der Waals surface area contributed by atoms with E-state index >= 15 is 0 Å². The van der Waals surface area contributed by atoms with Gasteiger partial charge in [0.2, 0.25) is 5.36 Å². The van der Waals surface area contributed by atoms with Gasteiger partial charge in [-0.1, -0.05) is 30.8 Å². The second-order valence-electron chi connectivity index (χ2n) is 8.61. The van der Waals surface area contributed by atoms with Crippen molar-refractivity contribution < 1.29 is 23.8 Å². The summed E-state index contributed by atoms with van der Waals surface area (Å²) in [4.78, 5) is 25.5. The van der Waals surface area contributed by atoms with Gasteiger partial charge in [-0.3, -0.25) is 0 Å². The molecule has 2 aliphatic rings.